The van der Waals surface area contributed by atoms with Crippen molar-refractivity contribution in [3.63, 3.8) is 0 Å². The highest BCUT2D eigenvalue weighted by Gasteiger charge is 2.21. The van der Waals surface area contributed by atoms with E-state index in [0.717, 1.165) is 0 Å². The molecule has 0 aliphatic heterocycles. The van der Waals surface area contributed by atoms with Gasteiger partial charge in [0.25, 0.3) is 0 Å². The number of aliphatic hydroxyl groups excluding tert-OH is 1. The van der Waals surface area contributed by atoms with Gasteiger partial charge in [-0.3, -0.25) is 4.79 Å². The Morgan fingerprint density at radius 3 is 2.05 bits per heavy atom. The summed E-state index contributed by atoms with van der Waals surface area (Å²) in [5.74, 6) is 1.26. The Morgan fingerprint density at radius 2 is 1.68 bits per heavy atom. The van der Waals surface area contributed by atoms with Gasteiger partial charge in [-0.15, -0.1) is 0 Å². The maximum atomic E-state index is 11.9. The molecule has 106 valence electrons. The molecule has 0 radical (unpaired) electrons. The van der Waals surface area contributed by atoms with Crippen LogP contribution in [0.1, 0.15) is 6.42 Å². The van der Waals surface area contributed by atoms with E-state index in [4.69, 9.17) is 19.3 Å². The number of amides is 1. The normalized spacial score (nSPS) is 9.95. The summed E-state index contributed by atoms with van der Waals surface area (Å²) in [5, 5.41) is 8.84. The summed E-state index contributed by atoms with van der Waals surface area (Å²) in [6.07, 6.45) is 0.0365. The zero-order chi connectivity index (χ0) is 14.4. The molecule has 0 atom stereocenters. The number of hydrogen-bond donors (Lipinski definition) is 1. The third kappa shape index (κ3) is 3.29. The van der Waals surface area contributed by atoms with Gasteiger partial charge >= 0.3 is 0 Å². The van der Waals surface area contributed by atoms with Crippen molar-refractivity contribution in [2.24, 2.45) is 0 Å². The average Bonchev–Trinajstić information content (AvgIpc) is 2.44. The fourth-order valence-corrected chi connectivity index (χ4v) is 1.71. The molecule has 0 saturated carbocycles. The summed E-state index contributed by atoms with van der Waals surface area (Å²) in [7, 11) is 6.14. The van der Waals surface area contributed by atoms with E-state index in [-0.39, 0.29) is 18.9 Å². The van der Waals surface area contributed by atoms with E-state index in [1.54, 1.807) is 19.2 Å². The number of aliphatic hydroxyl groups is 1. The van der Waals surface area contributed by atoms with Gasteiger partial charge in [0.05, 0.1) is 34.4 Å². The molecular weight excluding hydrogens is 250 g/mol. The van der Waals surface area contributed by atoms with Crippen LogP contribution >= 0.6 is 0 Å². The van der Waals surface area contributed by atoms with Crippen LogP contribution < -0.4 is 19.1 Å². The minimum Gasteiger partial charge on any atom is -0.496 e. The van der Waals surface area contributed by atoms with Crippen molar-refractivity contribution in [1.82, 2.24) is 0 Å². The summed E-state index contributed by atoms with van der Waals surface area (Å²) in [6.45, 7) is -0.204. The fraction of sp³-hybridized carbons (Fsp3) is 0.462. The van der Waals surface area contributed by atoms with Crippen LogP contribution in [0.25, 0.3) is 0 Å². The molecular formula is C13H19NO5. The molecule has 0 saturated heterocycles. The van der Waals surface area contributed by atoms with Crippen molar-refractivity contribution in [2.45, 2.75) is 6.42 Å². The highest BCUT2D eigenvalue weighted by molar-refractivity contribution is 5.96. The van der Waals surface area contributed by atoms with E-state index in [1.807, 2.05) is 0 Å². The van der Waals surface area contributed by atoms with Gasteiger partial charge in [0.15, 0.2) is 0 Å². The molecule has 1 aromatic rings. The topological polar surface area (TPSA) is 68.2 Å². The Hall–Kier alpha value is -1.95. The second kappa shape index (κ2) is 6.84. The van der Waals surface area contributed by atoms with E-state index in [9.17, 15) is 4.79 Å². The Kier molecular flexibility index (Phi) is 5.44. The predicted molar refractivity (Wildman–Crippen MR) is 71.2 cm³/mol. The Balaban J connectivity index is 3.27. The molecule has 6 nitrogen and oxygen atoms in total. The summed E-state index contributed by atoms with van der Waals surface area (Å²) in [4.78, 5) is 13.3. The lowest BCUT2D eigenvalue weighted by molar-refractivity contribution is -0.118. The smallest absolute Gasteiger partial charge is 0.229 e. The van der Waals surface area contributed by atoms with Gasteiger partial charge in [-0.05, 0) is 0 Å². The van der Waals surface area contributed by atoms with Gasteiger partial charge in [-0.25, -0.2) is 0 Å². The monoisotopic (exact) mass is 269 g/mol. The quantitative estimate of drug-likeness (QED) is 0.836. The summed E-state index contributed by atoms with van der Waals surface area (Å²) in [5.41, 5.74) is 0.504. The molecule has 19 heavy (non-hydrogen) atoms. The number of methoxy groups -OCH3 is 3. The number of carbonyl (C=O) groups is 1. The molecule has 0 unspecified atom stereocenters. The third-order valence-corrected chi connectivity index (χ3v) is 2.72. The molecule has 1 aromatic carbocycles. The predicted octanol–water partition coefficient (Wildman–Crippen LogP) is 1.06. The highest BCUT2D eigenvalue weighted by Crippen LogP contribution is 2.41. The van der Waals surface area contributed by atoms with Crippen molar-refractivity contribution in [3.8, 4) is 17.2 Å². The minimum absolute atomic E-state index is 0.0365. The number of rotatable bonds is 6. The second-order valence-corrected chi connectivity index (χ2v) is 3.81. The van der Waals surface area contributed by atoms with Gasteiger partial charge in [0.2, 0.25) is 5.91 Å². The molecule has 1 rings (SSSR count). The lowest BCUT2D eigenvalue weighted by Gasteiger charge is -2.22. The standard InChI is InChI=1S/C13H19NO5/c1-14(12(16)5-6-15)13-10(18-3)7-9(17-2)8-11(13)19-4/h7-8,15H,5-6H2,1-4H3. The van der Waals surface area contributed by atoms with E-state index in [2.05, 4.69) is 0 Å². The Labute approximate surface area is 112 Å². The van der Waals surface area contributed by atoms with Crippen LogP contribution in [-0.2, 0) is 4.79 Å². The van der Waals surface area contributed by atoms with E-state index in [0.29, 0.717) is 22.9 Å². The zero-order valence-corrected chi connectivity index (χ0v) is 11.6. The Morgan fingerprint density at radius 1 is 1.16 bits per heavy atom. The SMILES string of the molecule is COc1cc(OC)c(N(C)C(=O)CCO)c(OC)c1. The van der Waals surface area contributed by atoms with Crippen LogP contribution in [0.2, 0.25) is 0 Å². The molecule has 0 bridgehead atoms. The summed E-state index contributed by atoms with van der Waals surface area (Å²) in [6, 6.07) is 3.33. The largest absolute Gasteiger partial charge is 0.496 e. The lowest BCUT2D eigenvalue weighted by Crippen LogP contribution is -2.27. The lowest BCUT2D eigenvalue weighted by atomic mass is 10.2. The first-order valence-electron chi connectivity index (χ1n) is 5.76. The van der Waals surface area contributed by atoms with Gasteiger partial charge in [-0.1, -0.05) is 0 Å². The van der Waals surface area contributed by atoms with Crippen LogP contribution in [0.3, 0.4) is 0 Å². The van der Waals surface area contributed by atoms with Crippen LogP contribution in [0.5, 0.6) is 17.2 Å². The van der Waals surface area contributed by atoms with Crippen LogP contribution in [0, 0.1) is 0 Å². The molecule has 1 amide bonds. The highest BCUT2D eigenvalue weighted by atomic mass is 16.5. The van der Waals surface area contributed by atoms with Crippen molar-refractivity contribution in [2.75, 3.05) is 39.9 Å². The molecule has 0 spiro atoms. The van der Waals surface area contributed by atoms with Crippen LogP contribution in [0.15, 0.2) is 12.1 Å². The molecule has 0 heterocycles. The molecule has 0 aliphatic rings. The van der Waals surface area contributed by atoms with Gasteiger partial charge in [-0.2, -0.15) is 0 Å². The third-order valence-electron chi connectivity index (χ3n) is 2.72. The summed E-state index contributed by atoms with van der Waals surface area (Å²) < 4.78 is 15.7. The van der Waals surface area contributed by atoms with Gasteiger partial charge in [0.1, 0.15) is 22.9 Å². The fourth-order valence-electron chi connectivity index (χ4n) is 1.71. The first kappa shape index (κ1) is 15.1. The molecule has 0 fully saturated rings. The van der Waals surface area contributed by atoms with Crippen LogP contribution in [0.4, 0.5) is 5.69 Å². The van der Waals surface area contributed by atoms with Crippen molar-refractivity contribution < 1.29 is 24.1 Å². The van der Waals surface area contributed by atoms with Crippen molar-refractivity contribution >= 4 is 11.6 Å². The number of ether oxygens (including phenoxy) is 3. The Bertz CT molecular complexity index is 422. The molecule has 0 aromatic heterocycles. The maximum absolute atomic E-state index is 11.9. The van der Waals surface area contributed by atoms with Gasteiger partial charge < -0.3 is 24.2 Å². The number of hydrogen-bond acceptors (Lipinski definition) is 5. The molecule has 0 aliphatic carbocycles. The average molecular weight is 269 g/mol. The van der Waals surface area contributed by atoms with E-state index < -0.39 is 0 Å². The van der Waals surface area contributed by atoms with Gasteiger partial charge in [0, 0.05) is 19.2 Å². The molecule has 1 N–H and O–H groups in total. The number of benzene rings is 1. The second-order valence-electron chi connectivity index (χ2n) is 3.81. The van der Waals surface area contributed by atoms with Crippen molar-refractivity contribution in [3.05, 3.63) is 12.1 Å². The van der Waals surface area contributed by atoms with E-state index >= 15 is 0 Å². The van der Waals surface area contributed by atoms with Crippen molar-refractivity contribution in [1.29, 1.82) is 0 Å². The number of carbonyl (C=O) groups excluding carboxylic acids is 1. The summed E-state index contributed by atoms with van der Waals surface area (Å²) >= 11 is 0. The van der Waals surface area contributed by atoms with E-state index in [1.165, 1.54) is 26.2 Å². The molecule has 6 heteroatoms. The zero-order valence-electron chi connectivity index (χ0n) is 11.6. The first-order valence-corrected chi connectivity index (χ1v) is 5.76. The van der Waals surface area contributed by atoms with Crippen LogP contribution in [-0.4, -0.2) is 46.0 Å². The number of anilines is 1. The first-order chi connectivity index (χ1) is 9.08. The number of nitrogens with zero attached hydrogens (tertiary/aromatic N) is 1. The maximum Gasteiger partial charge on any atom is 0.229 e. The minimum atomic E-state index is -0.232.